The first kappa shape index (κ1) is 12.3. The molecular formula is C14H17N3O2. The Morgan fingerprint density at radius 1 is 1.21 bits per heavy atom. The van der Waals surface area contributed by atoms with Crippen LogP contribution in [0, 0.1) is 5.92 Å². The zero-order chi connectivity index (χ0) is 13.2. The fourth-order valence-electron chi connectivity index (χ4n) is 3.29. The summed E-state index contributed by atoms with van der Waals surface area (Å²) >= 11 is 0. The van der Waals surface area contributed by atoms with Crippen molar-refractivity contribution < 1.29 is 9.59 Å². The van der Waals surface area contributed by atoms with Crippen LogP contribution in [0.25, 0.3) is 0 Å². The molecule has 19 heavy (non-hydrogen) atoms. The number of hydrogen-bond donors (Lipinski definition) is 0. The second-order valence-electron chi connectivity index (χ2n) is 5.30. The number of likely N-dealkylation sites (tertiary alicyclic amines) is 1. The standard InChI is InChI=1S/C14H17N3O2/c18-13-5-1-3-11(13)12-4-2-6-17(12)14(19)10-7-15-9-16-8-10/h7-9,11-12H,1-6H2. The number of aromatic nitrogens is 2. The maximum atomic E-state index is 12.5. The van der Waals surface area contributed by atoms with Gasteiger partial charge in [-0.1, -0.05) is 0 Å². The first-order valence-electron chi connectivity index (χ1n) is 6.86. The third-order valence-electron chi connectivity index (χ3n) is 4.18. The molecule has 1 saturated heterocycles. The molecule has 2 fully saturated rings. The van der Waals surface area contributed by atoms with Crippen LogP contribution in [0.3, 0.4) is 0 Å². The zero-order valence-corrected chi connectivity index (χ0v) is 10.8. The summed E-state index contributed by atoms with van der Waals surface area (Å²) in [5, 5.41) is 0. The van der Waals surface area contributed by atoms with Crippen LogP contribution >= 0.6 is 0 Å². The molecule has 1 aliphatic heterocycles. The third-order valence-corrected chi connectivity index (χ3v) is 4.18. The van der Waals surface area contributed by atoms with Crippen LogP contribution in [0.4, 0.5) is 0 Å². The largest absolute Gasteiger partial charge is 0.335 e. The Balaban J connectivity index is 1.80. The van der Waals surface area contributed by atoms with E-state index in [1.807, 2.05) is 4.90 Å². The Morgan fingerprint density at radius 2 is 2.00 bits per heavy atom. The van der Waals surface area contributed by atoms with Crippen molar-refractivity contribution in [1.29, 1.82) is 0 Å². The number of amides is 1. The van der Waals surface area contributed by atoms with E-state index >= 15 is 0 Å². The van der Waals surface area contributed by atoms with Gasteiger partial charge in [-0.25, -0.2) is 9.97 Å². The average Bonchev–Trinajstić information content (AvgIpc) is 3.07. The van der Waals surface area contributed by atoms with E-state index in [-0.39, 0.29) is 17.9 Å². The average molecular weight is 259 g/mol. The van der Waals surface area contributed by atoms with Crippen molar-refractivity contribution in [1.82, 2.24) is 14.9 Å². The first-order chi connectivity index (χ1) is 9.27. The Morgan fingerprint density at radius 3 is 2.68 bits per heavy atom. The van der Waals surface area contributed by atoms with E-state index in [4.69, 9.17) is 0 Å². The highest BCUT2D eigenvalue weighted by molar-refractivity contribution is 5.94. The lowest BCUT2D eigenvalue weighted by Gasteiger charge is -2.28. The molecule has 1 aromatic rings. The summed E-state index contributed by atoms with van der Waals surface area (Å²) in [6.07, 6.45) is 9.00. The molecule has 2 unspecified atom stereocenters. The van der Waals surface area contributed by atoms with Crippen molar-refractivity contribution in [2.24, 2.45) is 5.92 Å². The highest BCUT2D eigenvalue weighted by atomic mass is 16.2. The van der Waals surface area contributed by atoms with Crippen LogP contribution in [0.5, 0.6) is 0 Å². The smallest absolute Gasteiger partial charge is 0.257 e. The quantitative estimate of drug-likeness (QED) is 0.806. The zero-order valence-electron chi connectivity index (χ0n) is 10.8. The lowest BCUT2D eigenvalue weighted by atomic mass is 9.95. The maximum absolute atomic E-state index is 12.5. The van der Waals surface area contributed by atoms with E-state index in [1.165, 1.54) is 6.33 Å². The van der Waals surface area contributed by atoms with E-state index in [0.717, 1.165) is 32.2 Å². The van der Waals surface area contributed by atoms with Gasteiger partial charge in [0.05, 0.1) is 5.56 Å². The van der Waals surface area contributed by atoms with E-state index in [9.17, 15) is 9.59 Å². The highest BCUT2D eigenvalue weighted by Gasteiger charge is 2.40. The molecule has 0 spiro atoms. The maximum Gasteiger partial charge on any atom is 0.257 e. The molecule has 0 aromatic carbocycles. The van der Waals surface area contributed by atoms with Crippen LogP contribution in [0.2, 0.25) is 0 Å². The van der Waals surface area contributed by atoms with E-state index in [2.05, 4.69) is 9.97 Å². The second-order valence-corrected chi connectivity index (χ2v) is 5.30. The van der Waals surface area contributed by atoms with Gasteiger partial charge < -0.3 is 4.90 Å². The Kier molecular flexibility index (Phi) is 3.27. The summed E-state index contributed by atoms with van der Waals surface area (Å²) in [5.41, 5.74) is 0.514. The predicted octanol–water partition coefficient (Wildman–Crippen LogP) is 1.45. The highest BCUT2D eigenvalue weighted by Crippen LogP contribution is 2.33. The molecule has 1 aliphatic carbocycles. The topological polar surface area (TPSA) is 63.2 Å². The summed E-state index contributed by atoms with van der Waals surface area (Å²) in [6, 6.07) is 0.0858. The van der Waals surface area contributed by atoms with E-state index < -0.39 is 0 Å². The minimum atomic E-state index is -0.0391. The lowest BCUT2D eigenvalue weighted by molar-refractivity contribution is -0.121. The van der Waals surface area contributed by atoms with Gasteiger partial charge >= 0.3 is 0 Å². The van der Waals surface area contributed by atoms with Gasteiger partial charge in [0, 0.05) is 37.3 Å². The van der Waals surface area contributed by atoms with Crippen LogP contribution in [-0.2, 0) is 4.79 Å². The summed E-state index contributed by atoms with van der Waals surface area (Å²) in [7, 11) is 0. The minimum Gasteiger partial charge on any atom is -0.335 e. The third kappa shape index (κ3) is 2.25. The van der Waals surface area contributed by atoms with Crippen molar-refractivity contribution in [3.8, 4) is 0 Å². The fourth-order valence-corrected chi connectivity index (χ4v) is 3.29. The molecule has 1 saturated carbocycles. The van der Waals surface area contributed by atoms with Gasteiger partial charge in [0.2, 0.25) is 0 Å². The molecule has 0 radical (unpaired) electrons. The SMILES string of the molecule is O=C1CCCC1C1CCCN1C(=O)c1cncnc1. The molecule has 2 heterocycles. The van der Waals surface area contributed by atoms with Crippen LogP contribution in [0.15, 0.2) is 18.7 Å². The number of hydrogen-bond acceptors (Lipinski definition) is 4. The number of ketones is 1. The van der Waals surface area contributed by atoms with E-state index in [1.54, 1.807) is 12.4 Å². The van der Waals surface area contributed by atoms with Crippen molar-refractivity contribution in [3.05, 3.63) is 24.3 Å². The molecule has 3 rings (SSSR count). The molecule has 2 aliphatic rings. The number of carbonyl (C=O) groups is 2. The molecule has 1 aromatic heterocycles. The summed E-state index contributed by atoms with van der Waals surface area (Å²) in [5.74, 6) is 0.341. The van der Waals surface area contributed by atoms with Gasteiger partial charge in [-0.3, -0.25) is 9.59 Å². The second kappa shape index (κ2) is 5.07. The number of Topliss-reactive ketones (excluding diaryl/α,β-unsaturated/α-hetero) is 1. The van der Waals surface area contributed by atoms with Gasteiger partial charge in [0.15, 0.2) is 0 Å². The number of nitrogens with zero attached hydrogens (tertiary/aromatic N) is 3. The first-order valence-corrected chi connectivity index (χ1v) is 6.86. The van der Waals surface area contributed by atoms with Gasteiger partial charge in [0.25, 0.3) is 5.91 Å². The lowest BCUT2D eigenvalue weighted by Crippen LogP contribution is -2.41. The minimum absolute atomic E-state index is 0.0391. The van der Waals surface area contributed by atoms with Crippen LogP contribution in [0.1, 0.15) is 42.5 Å². The Bertz CT molecular complexity index is 489. The van der Waals surface area contributed by atoms with Gasteiger partial charge in [-0.2, -0.15) is 0 Å². The summed E-state index contributed by atoms with van der Waals surface area (Å²) in [6.45, 7) is 0.738. The van der Waals surface area contributed by atoms with Gasteiger partial charge in [0.1, 0.15) is 12.1 Å². The normalized spacial score (nSPS) is 26.9. The van der Waals surface area contributed by atoms with Crippen LogP contribution < -0.4 is 0 Å². The van der Waals surface area contributed by atoms with E-state index in [0.29, 0.717) is 17.8 Å². The monoisotopic (exact) mass is 259 g/mol. The summed E-state index contributed by atoms with van der Waals surface area (Å²) in [4.78, 5) is 34.0. The van der Waals surface area contributed by atoms with Gasteiger partial charge in [-0.05, 0) is 25.7 Å². The predicted molar refractivity (Wildman–Crippen MR) is 68.4 cm³/mol. The fraction of sp³-hybridized carbons (Fsp3) is 0.571. The molecule has 5 heteroatoms. The van der Waals surface area contributed by atoms with Crippen molar-refractivity contribution in [2.45, 2.75) is 38.1 Å². The van der Waals surface area contributed by atoms with Crippen LogP contribution in [-0.4, -0.2) is 39.1 Å². The Hall–Kier alpha value is -1.78. The van der Waals surface area contributed by atoms with Crippen molar-refractivity contribution in [3.63, 3.8) is 0 Å². The molecule has 5 nitrogen and oxygen atoms in total. The van der Waals surface area contributed by atoms with Gasteiger partial charge in [-0.15, -0.1) is 0 Å². The molecule has 2 atom stereocenters. The Labute approximate surface area is 112 Å². The molecular weight excluding hydrogens is 242 g/mol. The van der Waals surface area contributed by atoms with Crippen molar-refractivity contribution >= 4 is 11.7 Å². The molecule has 0 N–H and O–H groups in total. The number of carbonyl (C=O) groups excluding carboxylic acids is 2. The molecule has 1 amide bonds. The van der Waals surface area contributed by atoms with Crippen molar-refractivity contribution in [2.75, 3.05) is 6.54 Å². The molecule has 100 valence electrons. The molecule has 0 bridgehead atoms. The number of rotatable bonds is 2. The summed E-state index contributed by atoms with van der Waals surface area (Å²) < 4.78 is 0.